The van der Waals surface area contributed by atoms with Gasteiger partial charge >= 0.3 is 0 Å². The third-order valence-corrected chi connectivity index (χ3v) is 5.54. The van der Waals surface area contributed by atoms with Crippen molar-refractivity contribution in [1.82, 2.24) is 20.2 Å². The molecule has 8 heteroatoms. The largest absolute Gasteiger partial charge is 0.380 e. The SMILES string of the molecule is Cc1nc2ccccn2c1Cc1ccc(C(=O)N[C@@H]2CCOC[C@@H]2C(=O)NO)cc1. The lowest BCUT2D eigenvalue weighted by molar-refractivity contribution is -0.138. The topological polar surface area (TPSA) is 105 Å². The summed E-state index contributed by atoms with van der Waals surface area (Å²) in [4.78, 5) is 29.1. The molecule has 0 bridgehead atoms. The fourth-order valence-electron chi connectivity index (χ4n) is 3.85. The molecule has 0 spiro atoms. The van der Waals surface area contributed by atoms with Gasteiger partial charge in [-0.2, -0.15) is 0 Å². The van der Waals surface area contributed by atoms with Gasteiger partial charge < -0.3 is 14.5 Å². The number of nitrogens with zero attached hydrogens (tertiary/aromatic N) is 2. The summed E-state index contributed by atoms with van der Waals surface area (Å²) in [5, 5.41) is 11.8. The number of hydroxylamine groups is 1. The molecule has 30 heavy (non-hydrogen) atoms. The lowest BCUT2D eigenvalue weighted by atomic mass is 9.94. The first-order valence-electron chi connectivity index (χ1n) is 9.91. The van der Waals surface area contributed by atoms with Crippen LogP contribution in [0.15, 0.2) is 48.7 Å². The van der Waals surface area contributed by atoms with E-state index in [0.29, 0.717) is 25.0 Å². The van der Waals surface area contributed by atoms with Crippen molar-refractivity contribution >= 4 is 17.5 Å². The number of benzene rings is 1. The van der Waals surface area contributed by atoms with E-state index in [1.807, 2.05) is 43.5 Å². The Morgan fingerprint density at radius 3 is 2.80 bits per heavy atom. The highest BCUT2D eigenvalue weighted by Crippen LogP contribution is 2.18. The molecule has 1 aliphatic heterocycles. The number of amides is 2. The number of carbonyl (C=O) groups is 2. The molecule has 2 aromatic heterocycles. The Kier molecular flexibility index (Phi) is 5.78. The number of aryl methyl sites for hydroxylation is 1. The van der Waals surface area contributed by atoms with Gasteiger partial charge in [-0.25, -0.2) is 10.5 Å². The van der Waals surface area contributed by atoms with Gasteiger partial charge in [0.05, 0.1) is 18.2 Å². The number of hydrogen-bond donors (Lipinski definition) is 3. The molecule has 3 N–H and O–H groups in total. The summed E-state index contributed by atoms with van der Waals surface area (Å²) in [6.45, 7) is 2.61. The highest BCUT2D eigenvalue weighted by atomic mass is 16.5. The van der Waals surface area contributed by atoms with Gasteiger partial charge in [-0.1, -0.05) is 18.2 Å². The molecule has 1 saturated heterocycles. The monoisotopic (exact) mass is 408 g/mol. The van der Waals surface area contributed by atoms with Crippen molar-refractivity contribution in [3.05, 3.63) is 71.2 Å². The van der Waals surface area contributed by atoms with E-state index in [4.69, 9.17) is 9.94 Å². The predicted molar refractivity (Wildman–Crippen MR) is 109 cm³/mol. The van der Waals surface area contributed by atoms with Crippen molar-refractivity contribution in [2.24, 2.45) is 5.92 Å². The third-order valence-electron chi connectivity index (χ3n) is 5.54. The van der Waals surface area contributed by atoms with Crippen LogP contribution >= 0.6 is 0 Å². The summed E-state index contributed by atoms with van der Waals surface area (Å²) in [6.07, 6.45) is 3.21. The Balaban J connectivity index is 1.46. The van der Waals surface area contributed by atoms with E-state index in [1.165, 1.54) is 0 Å². The molecule has 3 aromatic rings. The molecule has 0 unspecified atom stereocenters. The van der Waals surface area contributed by atoms with Gasteiger partial charge in [0.2, 0.25) is 0 Å². The predicted octanol–water partition coefficient (Wildman–Crippen LogP) is 1.87. The quantitative estimate of drug-likeness (QED) is 0.442. The average molecular weight is 408 g/mol. The summed E-state index contributed by atoms with van der Waals surface area (Å²) in [5.74, 6) is -1.43. The van der Waals surface area contributed by atoms with E-state index in [0.717, 1.165) is 22.6 Å². The standard InChI is InChI=1S/C22H24N4O4/c1-14-19(26-10-3-2-4-20(26)23-14)12-15-5-7-16(8-6-15)21(27)24-18-9-11-30-13-17(18)22(28)25-29/h2-8,10,17-18,29H,9,11-13H2,1H3,(H,24,27)(H,25,28)/t17-,18+/m0/s1. The van der Waals surface area contributed by atoms with Crippen LogP contribution in [0.3, 0.4) is 0 Å². The molecule has 0 aliphatic carbocycles. The normalized spacial score (nSPS) is 18.9. The van der Waals surface area contributed by atoms with Crippen molar-refractivity contribution in [3.8, 4) is 0 Å². The fourth-order valence-corrected chi connectivity index (χ4v) is 3.85. The van der Waals surface area contributed by atoms with E-state index in [1.54, 1.807) is 17.6 Å². The van der Waals surface area contributed by atoms with Gasteiger partial charge in [0.1, 0.15) is 5.65 Å². The van der Waals surface area contributed by atoms with Crippen LogP contribution in [0, 0.1) is 12.8 Å². The Hall–Kier alpha value is -3.23. The summed E-state index contributed by atoms with van der Waals surface area (Å²) in [7, 11) is 0. The fraction of sp³-hybridized carbons (Fsp3) is 0.318. The van der Waals surface area contributed by atoms with E-state index in [9.17, 15) is 9.59 Å². The molecule has 1 aliphatic rings. The minimum Gasteiger partial charge on any atom is -0.380 e. The second-order valence-electron chi connectivity index (χ2n) is 7.47. The number of imidazole rings is 1. The van der Waals surface area contributed by atoms with Crippen LogP contribution in [-0.4, -0.2) is 45.7 Å². The smallest absolute Gasteiger partial charge is 0.251 e. The van der Waals surface area contributed by atoms with Crippen molar-refractivity contribution in [2.45, 2.75) is 25.8 Å². The number of fused-ring (bicyclic) bond motifs is 1. The van der Waals surface area contributed by atoms with Crippen molar-refractivity contribution in [1.29, 1.82) is 0 Å². The van der Waals surface area contributed by atoms with Crippen LogP contribution in [0.4, 0.5) is 0 Å². The summed E-state index contributed by atoms with van der Waals surface area (Å²) < 4.78 is 7.37. The van der Waals surface area contributed by atoms with Crippen LogP contribution in [0.5, 0.6) is 0 Å². The Morgan fingerprint density at radius 1 is 1.23 bits per heavy atom. The lowest BCUT2D eigenvalue weighted by Crippen LogP contribution is -2.51. The molecule has 2 amide bonds. The molecule has 4 rings (SSSR count). The number of rotatable bonds is 5. The van der Waals surface area contributed by atoms with Gasteiger partial charge in [0, 0.05) is 36.5 Å². The van der Waals surface area contributed by atoms with Crippen LogP contribution in [0.2, 0.25) is 0 Å². The molecular formula is C22H24N4O4. The average Bonchev–Trinajstić information content (AvgIpc) is 3.09. The van der Waals surface area contributed by atoms with Gasteiger partial charge in [-0.05, 0) is 43.2 Å². The van der Waals surface area contributed by atoms with Gasteiger partial charge in [-0.3, -0.25) is 14.8 Å². The van der Waals surface area contributed by atoms with Crippen LogP contribution < -0.4 is 10.8 Å². The molecule has 0 saturated carbocycles. The molecule has 3 heterocycles. The van der Waals surface area contributed by atoms with E-state index >= 15 is 0 Å². The first-order chi connectivity index (χ1) is 14.6. The second-order valence-corrected chi connectivity index (χ2v) is 7.47. The minimum absolute atomic E-state index is 0.162. The number of aromatic nitrogens is 2. The maximum absolute atomic E-state index is 12.7. The highest BCUT2D eigenvalue weighted by Gasteiger charge is 2.32. The number of carbonyl (C=O) groups excluding carboxylic acids is 2. The number of nitrogens with one attached hydrogen (secondary N) is 2. The number of ether oxygens (including phenoxy) is 1. The van der Waals surface area contributed by atoms with Gasteiger partial charge in [-0.15, -0.1) is 0 Å². The summed E-state index contributed by atoms with van der Waals surface area (Å²) in [6, 6.07) is 13.0. The van der Waals surface area contributed by atoms with E-state index in [-0.39, 0.29) is 18.6 Å². The van der Waals surface area contributed by atoms with E-state index in [2.05, 4.69) is 14.7 Å². The number of hydrogen-bond acceptors (Lipinski definition) is 5. The maximum atomic E-state index is 12.7. The number of pyridine rings is 1. The first-order valence-corrected chi connectivity index (χ1v) is 9.91. The molecule has 0 radical (unpaired) electrons. The second kappa shape index (κ2) is 8.64. The summed E-state index contributed by atoms with van der Waals surface area (Å²) >= 11 is 0. The Labute approximate surface area is 173 Å². The van der Waals surface area contributed by atoms with Crippen molar-refractivity contribution in [2.75, 3.05) is 13.2 Å². The lowest BCUT2D eigenvalue weighted by Gasteiger charge is -2.30. The van der Waals surface area contributed by atoms with Crippen molar-refractivity contribution in [3.63, 3.8) is 0 Å². The molecule has 1 aromatic carbocycles. The van der Waals surface area contributed by atoms with Crippen LogP contribution in [0.1, 0.15) is 33.7 Å². The third kappa shape index (κ3) is 4.05. The molecule has 1 fully saturated rings. The zero-order valence-electron chi connectivity index (χ0n) is 16.7. The first kappa shape index (κ1) is 20.1. The molecule has 2 atom stereocenters. The van der Waals surface area contributed by atoms with Gasteiger partial charge in [0.25, 0.3) is 11.8 Å². The maximum Gasteiger partial charge on any atom is 0.251 e. The van der Waals surface area contributed by atoms with Crippen LogP contribution in [0.25, 0.3) is 5.65 Å². The Morgan fingerprint density at radius 2 is 2.03 bits per heavy atom. The van der Waals surface area contributed by atoms with Crippen LogP contribution in [-0.2, 0) is 16.0 Å². The minimum atomic E-state index is -0.620. The highest BCUT2D eigenvalue weighted by molar-refractivity contribution is 5.94. The zero-order chi connectivity index (χ0) is 21.1. The molecular weight excluding hydrogens is 384 g/mol. The van der Waals surface area contributed by atoms with Gasteiger partial charge in [0.15, 0.2) is 0 Å². The summed E-state index contributed by atoms with van der Waals surface area (Å²) in [5.41, 5.74) is 6.25. The molecule has 8 nitrogen and oxygen atoms in total. The Bertz CT molecular complexity index is 1060. The van der Waals surface area contributed by atoms with E-state index < -0.39 is 11.8 Å². The van der Waals surface area contributed by atoms with Crippen molar-refractivity contribution < 1.29 is 19.5 Å². The zero-order valence-corrected chi connectivity index (χ0v) is 16.7. The molecule has 156 valence electrons.